The Hall–Kier alpha value is -3.21. The topological polar surface area (TPSA) is 111 Å². The minimum atomic E-state index is -0.827. The summed E-state index contributed by atoms with van der Waals surface area (Å²) in [5, 5.41) is 10.8. The number of Topliss-reactive ketones (excluding diaryl/α,β-unsaturated/α-hetero) is 1. The Bertz CT molecular complexity index is 1400. The summed E-state index contributed by atoms with van der Waals surface area (Å²) in [6.07, 6.45) is 6.76. The number of carboxylic acids is 1. The summed E-state index contributed by atoms with van der Waals surface area (Å²) >= 11 is 1.50. The van der Waals surface area contributed by atoms with E-state index in [1.807, 2.05) is 31.2 Å². The molecule has 41 heavy (non-hydrogen) atoms. The molecule has 2 aliphatic heterocycles. The van der Waals surface area contributed by atoms with Crippen LogP contribution in [-0.2, 0) is 14.3 Å². The molecule has 1 N–H and O–H groups in total. The highest BCUT2D eigenvalue weighted by molar-refractivity contribution is 7.20. The normalized spacial score (nSPS) is 23.9. The minimum Gasteiger partial charge on any atom is -0.496 e. The maximum Gasteiger partial charge on any atom is 0.306 e. The van der Waals surface area contributed by atoms with Gasteiger partial charge in [-0.1, -0.05) is 24.6 Å². The van der Waals surface area contributed by atoms with Gasteiger partial charge < -0.3 is 28.6 Å². The van der Waals surface area contributed by atoms with E-state index in [1.54, 1.807) is 13.3 Å². The molecule has 9 nitrogen and oxygen atoms in total. The number of para-hydroxylation sites is 1. The first-order valence-corrected chi connectivity index (χ1v) is 15.1. The molecule has 1 saturated carbocycles. The number of rotatable bonds is 8. The van der Waals surface area contributed by atoms with E-state index in [0.717, 1.165) is 39.6 Å². The number of benzene rings is 1. The first kappa shape index (κ1) is 27.9. The van der Waals surface area contributed by atoms with Crippen LogP contribution >= 0.6 is 11.3 Å². The highest BCUT2D eigenvalue weighted by Gasteiger charge is 2.51. The van der Waals surface area contributed by atoms with Gasteiger partial charge in [0.25, 0.3) is 0 Å². The van der Waals surface area contributed by atoms with Crippen molar-refractivity contribution >= 4 is 28.1 Å². The molecule has 0 radical (unpaired) electrons. The van der Waals surface area contributed by atoms with Crippen molar-refractivity contribution in [2.45, 2.75) is 57.7 Å². The Morgan fingerprint density at radius 1 is 1.27 bits per heavy atom. The lowest BCUT2D eigenvalue weighted by atomic mass is 9.64. The predicted octanol–water partition coefficient (Wildman–Crippen LogP) is 5.92. The molecule has 1 aromatic carbocycles. The van der Waals surface area contributed by atoms with Gasteiger partial charge in [0.1, 0.15) is 23.1 Å². The number of nitrogens with zero attached hydrogens (tertiary/aromatic N) is 2. The van der Waals surface area contributed by atoms with E-state index in [1.165, 1.54) is 17.6 Å². The summed E-state index contributed by atoms with van der Waals surface area (Å²) < 4.78 is 23.8. The molecule has 3 aliphatic rings. The van der Waals surface area contributed by atoms with Gasteiger partial charge in [-0.15, -0.1) is 11.3 Å². The lowest BCUT2D eigenvalue weighted by Crippen LogP contribution is -2.52. The summed E-state index contributed by atoms with van der Waals surface area (Å²) in [6.45, 7) is 4.19. The van der Waals surface area contributed by atoms with Crippen molar-refractivity contribution in [3.05, 3.63) is 53.4 Å². The Balaban J connectivity index is 1.43. The van der Waals surface area contributed by atoms with Crippen LogP contribution in [0.1, 0.15) is 66.1 Å². The van der Waals surface area contributed by atoms with E-state index in [0.29, 0.717) is 63.4 Å². The van der Waals surface area contributed by atoms with Gasteiger partial charge in [-0.3, -0.25) is 9.59 Å². The van der Waals surface area contributed by atoms with E-state index in [9.17, 15) is 14.7 Å². The van der Waals surface area contributed by atoms with Crippen LogP contribution in [0.2, 0.25) is 0 Å². The van der Waals surface area contributed by atoms with Gasteiger partial charge in [0.2, 0.25) is 5.89 Å². The summed E-state index contributed by atoms with van der Waals surface area (Å²) in [5.74, 6) is -0.0915. The third-order valence-electron chi connectivity index (χ3n) is 8.84. The Morgan fingerprint density at radius 2 is 2.07 bits per heavy atom. The quantitative estimate of drug-likeness (QED) is 0.347. The van der Waals surface area contributed by atoms with Crippen LogP contribution in [0.25, 0.3) is 10.8 Å². The summed E-state index contributed by atoms with van der Waals surface area (Å²) in [7, 11) is 1.66. The van der Waals surface area contributed by atoms with Crippen LogP contribution in [-0.4, -0.2) is 61.4 Å². The number of hydrogen-bond donors (Lipinski definition) is 1. The Labute approximate surface area is 243 Å². The van der Waals surface area contributed by atoms with Crippen LogP contribution in [0.5, 0.6) is 5.75 Å². The number of anilines is 1. The minimum absolute atomic E-state index is 0.0394. The Morgan fingerprint density at radius 3 is 2.80 bits per heavy atom. The SMILES string of the molecule is COc1ccccc1C(CN1CC2(CCCC(C(=O)O)C2)C(=O)c2c1sc(-c1ncco1)c2C)OC1CCOCC1. The fourth-order valence-electron chi connectivity index (χ4n) is 6.76. The number of aromatic nitrogens is 1. The van der Waals surface area contributed by atoms with Crippen molar-refractivity contribution in [2.75, 3.05) is 38.3 Å². The van der Waals surface area contributed by atoms with E-state index in [-0.39, 0.29) is 18.0 Å². The standard InChI is InChI=1S/C31H36N2O7S/c1-19-25-27(34)31(11-5-6-20(16-31)30(35)36)18-33(29(25)41-26(19)28-32-12-15-39-28)17-24(40-21-9-13-38-14-10-21)22-7-3-4-8-23(22)37-2/h3-4,7-8,12,15,20-21,24H,5-6,9-11,13-14,16-18H2,1-2H3,(H,35,36). The first-order valence-electron chi connectivity index (χ1n) is 14.3. The molecule has 1 spiro atoms. The van der Waals surface area contributed by atoms with Gasteiger partial charge in [-0.2, -0.15) is 0 Å². The monoisotopic (exact) mass is 580 g/mol. The summed E-state index contributed by atoms with van der Waals surface area (Å²) in [6, 6.07) is 7.91. The lowest BCUT2D eigenvalue weighted by molar-refractivity contribution is -0.143. The molecule has 1 aliphatic carbocycles. The fourth-order valence-corrected chi connectivity index (χ4v) is 8.02. The highest BCUT2D eigenvalue weighted by atomic mass is 32.1. The number of thiophene rings is 1. The van der Waals surface area contributed by atoms with Gasteiger partial charge in [0.15, 0.2) is 5.78 Å². The smallest absolute Gasteiger partial charge is 0.306 e. The molecule has 3 aromatic rings. The molecule has 3 unspecified atom stereocenters. The molecule has 2 fully saturated rings. The number of ether oxygens (including phenoxy) is 3. The van der Waals surface area contributed by atoms with Gasteiger partial charge in [-0.25, -0.2) is 4.98 Å². The van der Waals surface area contributed by atoms with Crippen molar-refractivity contribution in [3.8, 4) is 16.5 Å². The zero-order valence-electron chi connectivity index (χ0n) is 23.5. The number of oxazole rings is 1. The lowest BCUT2D eigenvalue weighted by Gasteiger charge is -2.46. The molecule has 0 bridgehead atoms. The van der Waals surface area contributed by atoms with Gasteiger partial charge in [0, 0.05) is 31.9 Å². The average Bonchev–Trinajstić information content (AvgIpc) is 3.64. The van der Waals surface area contributed by atoms with Crippen LogP contribution in [0.4, 0.5) is 5.00 Å². The third kappa shape index (κ3) is 5.29. The summed E-state index contributed by atoms with van der Waals surface area (Å²) in [4.78, 5) is 33.9. The molecule has 0 amide bonds. The maximum atomic E-state index is 14.4. The van der Waals surface area contributed by atoms with Crippen molar-refractivity contribution < 1.29 is 33.3 Å². The largest absolute Gasteiger partial charge is 0.496 e. The number of methoxy groups -OCH3 is 1. The van der Waals surface area contributed by atoms with E-state index in [2.05, 4.69) is 9.88 Å². The maximum absolute atomic E-state index is 14.4. The van der Waals surface area contributed by atoms with Gasteiger partial charge in [0.05, 0.1) is 41.2 Å². The number of carbonyl (C=O) groups is 2. The van der Waals surface area contributed by atoms with Crippen molar-refractivity contribution in [1.82, 2.24) is 4.98 Å². The molecular formula is C31H36N2O7S. The van der Waals surface area contributed by atoms with Gasteiger partial charge >= 0.3 is 5.97 Å². The van der Waals surface area contributed by atoms with Crippen LogP contribution in [0.3, 0.4) is 0 Å². The fraction of sp³-hybridized carbons (Fsp3) is 0.516. The number of carboxylic acid groups (broad SMARTS) is 1. The average molecular weight is 581 g/mol. The molecule has 218 valence electrons. The van der Waals surface area contributed by atoms with Crippen LogP contribution < -0.4 is 9.64 Å². The second kappa shape index (κ2) is 11.6. The molecule has 4 heterocycles. The Kier molecular flexibility index (Phi) is 7.89. The molecule has 2 aromatic heterocycles. The summed E-state index contributed by atoms with van der Waals surface area (Å²) in [5.41, 5.74) is 1.66. The number of aliphatic carboxylic acids is 1. The zero-order chi connectivity index (χ0) is 28.6. The second-order valence-electron chi connectivity index (χ2n) is 11.4. The van der Waals surface area contributed by atoms with E-state index >= 15 is 0 Å². The van der Waals surface area contributed by atoms with Crippen molar-refractivity contribution in [2.24, 2.45) is 11.3 Å². The van der Waals surface area contributed by atoms with Crippen LogP contribution in [0.15, 0.2) is 41.1 Å². The van der Waals surface area contributed by atoms with Gasteiger partial charge in [-0.05, 0) is 50.7 Å². The number of fused-ring (bicyclic) bond motifs is 1. The molecule has 3 atom stereocenters. The number of carbonyl (C=O) groups excluding carboxylic acids is 1. The molecular weight excluding hydrogens is 544 g/mol. The highest BCUT2D eigenvalue weighted by Crippen LogP contribution is 2.53. The number of ketones is 1. The second-order valence-corrected chi connectivity index (χ2v) is 12.4. The molecule has 6 rings (SSSR count). The first-order chi connectivity index (χ1) is 19.9. The number of hydrogen-bond acceptors (Lipinski definition) is 9. The third-order valence-corrected chi connectivity index (χ3v) is 10.2. The van der Waals surface area contributed by atoms with Crippen molar-refractivity contribution in [1.29, 1.82) is 0 Å². The van der Waals surface area contributed by atoms with E-state index < -0.39 is 17.3 Å². The van der Waals surface area contributed by atoms with Crippen LogP contribution in [0, 0.1) is 18.3 Å². The molecule has 10 heteroatoms. The van der Waals surface area contributed by atoms with E-state index in [4.69, 9.17) is 18.6 Å². The zero-order valence-corrected chi connectivity index (χ0v) is 24.3. The molecule has 1 saturated heterocycles. The predicted molar refractivity (Wildman–Crippen MR) is 154 cm³/mol. The van der Waals surface area contributed by atoms with Crippen molar-refractivity contribution in [3.63, 3.8) is 0 Å².